The van der Waals surface area contributed by atoms with Gasteiger partial charge in [0.1, 0.15) is 6.10 Å². The number of carbonyl (C=O) groups is 1. The molecule has 2 saturated heterocycles. The number of esters is 1. The fourth-order valence-corrected chi connectivity index (χ4v) is 3.54. The molecule has 0 spiro atoms. The molecule has 2 aliphatic rings. The summed E-state index contributed by atoms with van der Waals surface area (Å²) in [5.41, 5.74) is 0. The number of allylic oxidation sites excluding steroid dienone is 1. The average Bonchev–Trinajstić information content (AvgIpc) is 2.59. The van der Waals surface area contributed by atoms with Gasteiger partial charge >= 0.3 is 5.97 Å². The fourth-order valence-electron chi connectivity index (χ4n) is 3.54. The highest BCUT2D eigenvalue weighted by molar-refractivity contribution is 5.78. The molecule has 0 bridgehead atoms. The first kappa shape index (κ1) is 19.5. The summed E-state index contributed by atoms with van der Waals surface area (Å²) in [6.45, 7) is 6.80. The van der Waals surface area contributed by atoms with Crippen LogP contribution in [-0.2, 0) is 19.0 Å². The minimum Gasteiger partial charge on any atom is -0.461 e. The second-order valence-corrected chi connectivity index (χ2v) is 7.09. The largest absolute Gasteiger partial charge is 0.461 e. The third kappa shape index (κ3) is 6.21. The molecule has 0 aliphatic carbocycles. The molecular formula is C20H34O4. The van der Waals surface area contributed by atoms with Gasteiger partial charge in [0.25, 0.3) is 0 Å². The minimum absolute atomic E-state index is 0.0205. The highest BCUT2D eigenvalue weighted by Gasteiger charge is 2.43. The van der Waals surface area contributed by atoms with Crippen molar-refractivity contribution >= 4 is 5.97 Å². The van der Waals surface area contributed by atoms with Crippen molar-refractivity contribution in [2.75, 3.05) is 6.61 Å². The van der Waals surface area contributed by atoms with Crippen LogP contribution in [0.15, 0.2) is 12.7 Å². The lowest BCUT2D eigenvalue weighted by atomic mass is 9.86. The molecule has 2 rings (SSSR count). The van der Waals surface area contributed by atoms with Crippen LogP contribution in [0, 0.1) is 5.92 Å². The number of carbonyl (C=O) groups excluding carboxylic acids is 1. The molecule has 4 heteroatoms. The maximum absolute atomic E-state index is 11.8. The van der Waals surface area contributed by atoms with Gasteiger partial charge in [0.05, 0.1) is 12.0 Å². The Morgan fingerprint density at radius 2 is 2.21 bits per heavy atom. The summed E-state index contributed by atoms with van der Waals surface area (Å²) in [6, 6.07) is 0. The molecule has 0 aromatic carbocycles. The number of hydrogen-bond acceptors (Lipinski definition) is 4. The van der Waals surface area contributed by atoms with Crippen molar-refractivity contribution in [3.05, 3.63) is 12.7 Å². The second-order valence-electron chi connectivity index (χ2n) is 7.09. The topological polar surface area (TPSA) is 44.8 Å². The lowest BCUT2D eigenvalue weighted by Crippen LogP contribution is -2.47. The maximum atomic E-state index is 11.8. The van der Waals surface area contributed by atoms with Gasteiger partial charge in [0.15, 0.2) is 6.29 Å². The fraction of sp³-hybridized carbons (Fsp3) is 0.850. The van der Waals surface area contributed by atoms with Gasteiger partial charge in [-0.1, -0.05) is 38.7 Å². The Hall–Kier alpha value is -0.870. The first-order chi connectivity index (χ1) is 11.7. The molecule has 0 N–H and O–H groups in total. The van der Waals surface area contributed by atoms with Crippen molar-refractivity contribution in [2.45, 2.75) is 96.1 Å². The Balaban J connectivity index is 1.78. The van der Waals surface area contributed by atoms with E-state index in [1.54, 1.807) is 0 Å². The van der Waals surface area contributed by atoms with E-state index >= 15 is 0 Å². The highest BCUT2D eigenvalue weighted by atomic mass is 16.7. The molecule has 0 aromatic heterocycles. The maximum Gasteiger partial charge on any atom is 0.313 e. The van der Waals surface area contributed by atoms with E-state index in [0.717, 1.165) is 58.0 Å². The van der Waals surface area contributed by atoms with E-state index in [1.807, 2.05) is 6.08 Å². The van der Waals surface area contributed by atoms with Crippen LogP contribution < -0.4 is 0 Å². The SMILES string of the molecule is C=CCCC(C[C@H]1OC(=O)[C@@H]1CCCCCC)OC1CCCCO1. The third-order valence-electron chi connectivity index (χ3n) is 5.06. The number of cyclic esters (lactones) is 1. The van der Waals surface area contributed by atoms with Gasteiger partial charge in [0, 0.05) is 13.0 Å². The van der Waals surface area contributed by atoms with E-state index in [-0.39, 0.29) is 30.4 Å². The van der Waals surface area contributed by atoms with Crippen LogP contribution in [0.1, 0.15) is 77.6 Å². The zero-order valence-electron chi connectivity index (χ0n) is 15.2. The predicted molar refractivity (Wildman–Crippen MR) is 94.6 cm³/mol. The standard InChI is InChI=1S/C20H34O4/c1-3-5-7-8-12-17-18(24-20(17)21)15-16(11-6-4-2)23-19-13-9-10-14-22-19/h4,16-19H,2-3,5-15H2,1H3/t16?,17-,18-,19?/m1/s1. The smallest absolute Gasteiger partial charge is 0.313 e. The molecule has 0 radical (unpaired) electrons. The van der Waals surface area contributed by atoms with E-state index in [9.17, 15) is 4.79 Å². The van der Waals surface area contributed by atoms with Crippen molar-refractivity contribution in [3.63, 3.8) is 0 Å². The average molecular weight is 338 g/mol. The highest BCUT2D eigenvalue weighted by Crippen LogP contribution is 2.33. The van der Waals surface area contributed by atoms with Crippen LogP contribution in [-0.4, -0.2) is 31.1 Å². The number of ether oxygens (including phenoxy) is 3. The molecule has 0 amide bonds. The Morgan fingerprint density at radius 3 is 2.88 bits per heavy atom. The van der Waals surface area contributed by atoms with Crippen LogP contribution in [0.25, 0.3) is 0 Å². The first-order valence-electron chi connectivity index (χ1n) is 9.83. The van der Waals surface area contributed by atoms with Crippen LogP contribution in [0.2, 0.25) is 0 Å². The number of rotatable bonds is 12. The van der Waals surface area contributed by atoms with Crippen molar-refractivity contribution in [1.29, 1.82) is 0 Å². The summed E-state index contributed by atoms with van der Waals surface area (Å²) in [6.07, 6.45) is 13.6. The third-order valence-corrected chi connectivity index (χ3v) is 5.06. The summed E-state index contributed by atoms with van der Waals surface area (Å²) in [4.78, 5) is 11.8. The predicted octanol–water partition coefficient (Wildman–Crippen LogP) is 4.77. The van der Waals surface area contributed by atoms with E-state index in [0.29, 0.717) is 0 Å². The molecule has 2 heterocycles. The summed E-state index contributed by atoms with van der Waals surface area (Å²) in [5, 5.41) is 0. The van der Waals surface area contributed by atoms with Gasteiger partial charge in [0.2, 0.25) is 0 Å². The van der Waals surface area contributed by atoms with Crippen molar-refractivity contribution in [2.24, 2.45) is 5.92 Å². The molecule has 138 valence electrons. The quantitative estimate of drug-likeness (QED) is 0.292. The van der Waals surface area contributed by atoms with Crippen molar-refractivity contribution in [3.8, 4) is 0 Å². The normalized spacial score (nSPS) is 28.0. The Kier molecular flexibility index (Phi) is 8.82. The molecule has 2 fully saturated rings. The van der Waals surface area contributed by atoms with Crippen LogP contribution >= 0.6 is 0 Å². The van der Waals surface area contributed by atoms with E-state index in [2.05, 4.69) is 13.5 Å². The zero-order chi connectivity index (χ0) is 17.2. The van der Waals surface area contributed by atoms with Gasteiger partial charge in [-0.2, -0.15) is 0 Å². The summed E-state index contributed by atoms with van der Waals surface area (Å²) in [5.74, 6) is 0.0526. The number of unbranched alkanes of at least 4 members (excludes halogenated alkanes) is 3. The number of hydrogen-bond donors (Lipinski definition) is 0. The van der Waals surface area contributed by atoms with Gasteiger partial charge in [-0.25, -0.2) is 0 Å². The second kappa shape index (κ2) is 10.9. The van der Waals surface area contributed by atoms with Gasteiger partial charge in [-0.05, 0) is 38.5 Å². The molecule has 24 heavy (non-hydrogen) atoms. The van der Waals surface area contributed by atoms with E-state index < -0.39 is 0 Å². The van der Waals surface area contributed by atoms with Crippen molar-refractivity contribution in [1.82, 2.24) is 0 Å². The molecule has 2 unspecified atom stereocenters. The Bertz CT molecular complexity index is 376. The van der Waals surface area contributed by atoms with Crippen LogP contribution in [0.3, 0.4) is 0 Å². The van der Waals surface area contributed by atoms with Crippen LogP contribution in [0.5, 0.6) is 0 Å². The van der Waals surface area contributed by atoms with Crippen molar-refractivity contribution < 1.29 is 19.0 Å². The lowest BCUT2D eigenvalue weighted by Gasteiger charge is -2.38. The molecule has 4 nitrogen and oxygen atoms in total. The Labute approximate surface area is 146 Å². The zero-order valence-corrected chi connectivity index (χ0v) is 15.2. The van der Waals surface area contributed by atoms with Gasteiger partial charge in [-0.15, -0.1) is 6.58 Å². The summed E-state index contributed by atoms with van der Waals surface area (Å²) < 4.78 is 17.3. The monoisotopic (exact) mass is 338 g/mol. The Morgan fingerprint density at radius 1 is 1.33 bits per heavy atom. The minimum atomic E-state index is -0.0904. The van der Waals surface area contributed by atoms with Gasteiger partial charge in [-0.3, -0.25) is 4.79 Å². The summed E-state index contributed by atoms with van der Waals surface area (Å²) in [7, 11) is 0. The van der Waals surface area contributed by atoms with Gasteiger partial charge < -0.3 is 14.2 Å². The van der Waals surface area contributed by atoms with E-state index in [4.69, 9.17) is 14.2 Å². The lowest BCUT2D eigenvalue weighted by molar-refractivity contribution is -0.210. The molecule has 0 aromatic rings. The molecule has 0 saturated carbocycles. The molecular weight excluding hydrogens is 304 g/mol. The van der Waals surface area contributed by atoms with Crippen LogP contribution in [0.4, 0.5) is 0 Å². The molecule has 4 atom stereocenters. The van der Waals surface area contributed by atoms with E-state index in [1.165, 1.54) is 19.3 Å². The molecule has 2 aliphatic heterocycles. The summed E-state index contributed by atoms with van der Waals surface area (Å²) >= 11 is 0. The first-order valence-corrected chi connectivity index (χ1v) is 9.83.